The molecule has 1 atom stereocenters. The van der Waals surface area contributed by atoms with Gasteiger partial charge < -0.3 is 13.9 Å². The first-order chi connectivity index (χ1) is 4.27. The first-order valence-corrected chi connectivity index (χ1v) is 3.63. The van der Waals surface area contributed by atoms with Crippen molar-refractivity contribution in [1.29, 1.82) is 0 Å². The van der Waals surface area contributed by atoms with Crippen LogP contribution in [-0.2, 0) is 9.05 Å². The maximum absolute atomic E-state index is 5.06. The molecule has 56 valence electrons. The Morgan fingerprint density at radius 3 is 2.56 bits per heavy atom. The monoisotopic (exact) mass is 151 g/mol. The third-order valence-electron chi connectivity index (χ3n) is 0.783. The third kappa shape index (κ3) is 8.31. The van der Waals surface area contributed by atoms with Crippen molar-refractivity contribution in [2.45, 2.75) is 0 Å². The van der Waals surface area contributed by atoms with Crippen LogP contribution in [0.3, 0.4) is 0 Å². The zero-order valence-electron chi connectivity index (χ0n) is 6.18. The lowest BCUT2D eigenvalue weighted by molar-refractivity contribution is 0.257. The molecule has 3 nitrogen and oxygen atoms in total. The first-order valence-electron chi connectivity index (χ1n) is 2.82. The maximum atomic E-state index is 5.06. The number of rotatable bonds is 5. The first kappa shape index (κ1) is 9.31. The van der Waals surface area contributed by atoms with Crippen molar-refractivity contribution in [2.24, 2.45) is 0 Å². The summed E-state index contributed by atoms with van der Waals surface area (Å²) in [5, 5.41) is 0. The van der Waals surface area contributed by atoms with Crippen molar-refractivity contribution >= 4 is 9.03 Å². The van der Waals surface area contributed by atoms with Gasteiger partial charge in [0.2, 0.25) is 0 Å². The average molecular weight is 151 g/mol. The molecule has 0 amide bonds. The van der Waals surface area contributed by atoms with Crippen LogP contribution in [0, 0.1) is 0 Å². The molecule has 4 heteroatoms. The highest BCUT2D eigenvalue weighted by Gasteiger charge is 1.88. The number of likely N-dealkylation sites (N-methyl/N-ethyl adjacent to an activating group) is 1. The summed E-state index contributed by atoms with van der Waals surface area (Å²) in [5.74, 6) is 0. The molecule has 0 fully saturated rings. The second-order valence-electron chi connectivity index (χ2n) is 1.94. The van der Waals surface area contributed by atoms with Crippen molar-refractivity contribution in [3.8, 4) is 0 Å². The van der Waals surface area contributed by atoms with Gasteiger partial charge in [-0.2, -0.15) is 0 Å². The van der Waals surface area contributed by atoms with Crippen LogP contribution in [0.5, 0.6) is 0 Å². The van der Waals surface area contributed by atoms with E-state index in [2.05, 4.69) is 4.90 Å². The van der Waals surface area contributed by atoms with Crippen molar-refractivity contribution in [1.82, 2.24) is 4.90 Å². The van der Waals surface area contributed by atoms with Gasteiger partial charge in [0.25, 0.3) is 0 Å². The highest BCUT2D eigenvalue weighted by Crippen LogP contribution is 2.09. The Hall–Kier alpha value is 0.310. The van der Waals surface area contributed by atoms with E-state index >= 15 is 0 Å². The topological polar surface area (TPSA) is 21.7 Å². The second-order valence-corrected chi connectivity index (χ2v) is 2.80. The minimum atomic E-state index is 0.188. The van der Waals surface area contributed by atoms with E-state index in [1.54, 1.807) is 7.11 Å². The molecular formula is C5H14NO2P. The molecule has 0 aromatic carbocycles. The number of nitrogens with zero attached hydrogens (tertiary/aromatic N) is 1. The fraction of sp³-hybridized carbons (Fsp3) is 1.00. The van der Waals surface area contributed by atoms with Gasteiger partial charge in [0.05, 0.1) is 6.61 Å². The smallest absolute Gasteiger partial charge is 0.154 e. The molecule has 9 heavy (non-hydrogen) atoms. The fourth-order valence-electron chi connectivity index (χ4n) is 0.329. The van der Waals surface area contributed by atoms with Gasteiger partial charge in [-0.1, -0.05) is 0 Å². The van der Waals surface area contributed by atoms with Crippen molar-refractivity contribution in [3.05, 3.63) is 0 Å². The third-order valence-corrected chi connectivity index (χ3v) is 1.27. The van der Waals surface area contributed by atoms with E-state index in [1.165, 1.54) is 0 Å². The van der Waals surface area contributed by atoms with Crippen LogP contribution in [0.2, 0.25) is 0 Å². The molecule has 0 N–H and O–H groups in total. The molecular weight excluding hydrogens is 137 g/mol. The zero-order valence-corrected chi connectivity index (χ0v) is 7.18. The standard InChI is InChI=1S/C5H14NO2P/c1-6(2)4-5-8-9-7-3/h9H,4-5H2,1-3H3. The molecule has 0 radical (unpaired) electrons. The van der Waals surface area contributed by atoms with Crippen LogP contribution in [0.1, 0.15) is 0 Å². The van der Waals surface area contributed by atoms with E-state index in [0.717, 1.165) is 13.2 Å². The van der Waals surface area contributed by atoms with E-state index in [4.69, 9.17) is 9.05 Å². The van der Waals surface area contributed by atoms with E-state index in [0.29, 0.717) is 0 Å². The highest BCUT2D eigenvalue weighted by molar-refractivity contribution is 7.26. The fourth-order valence-corrected chi connectivity index (χ4v) is 0.621. The van der Waals surface area contributed by atoms with Crippen LogP contribution < -0.4 is 0 Å². The molecule has 0 aliphatic heterocycles. The van der Waals surface area contributed by atoms with Crippen LogP contribution in [0.4, 0.5) is 0 Å². The van der Waals surface area contributed by atoms with Gasteiger partial charge in [-0.3, -0.25) is 0 Å². The maximum Gasteiger partial charge on any atom is 0.154 e. The van der Waals surface area contributed by atoms with E-state index in [9.17, 15) is 0 Å². The van der Waals surface area contributed by atoms with Crippen molar-refractivity contribution in [3.63, 3.8) is 0 Å². The summed E-state index contributed by atoms with van der Waals surface area (Å²) in [6.07, 6.45) is 0. The molecule has 1 unspecified atom stereocenters. The summed E-state index contributed by atoms with van der Waals surface area (Å²) in [6.45, 7) is 1.70. The Morgan fingerprint density at radius 2 is 2.11 bits per heavy atom. The van der Waals surface area contributed by atoms with Crippen molar-refractivity contribution < 1.29 is 9.05 Å². The Bertz CT molecular complexity index is 60.9. The lowest BCUT2D eigenvalue weighted by Gasteiger charge is -2.07. The van der Waals surface area contributed by atoms with Gasteiger partial charge in [-0.05, 0) is 14.1 Å². The minimum Gasteiger partial charge on any atom is -0.340 e. The highest BCUT2D eigenvalue weighted by atomic mass is 31.1. The molecule has 0 aromatic heterocycles. The average Bonchev–Trinajstić information content (AvgIpc) is 1.80. The lowest BCUT2D eigenvalue weighted by atomic mass is 10.6. The Kier molecular flexibility index (Phi) is 6.65. The molecule has 0 heterocycles. The Morgan fingerprint density at radius 1 is 1.44 bits per heavy atom. The summed E-state index contributed by atoms with van der Waals surface area (Å²) in [7, 11) is 5.85. The minimum absolute atomic E-state index is 0.188. The van der Waals surface area contributed by atoms with Crippen LogP contribution >= 0.6 is 9.03 Å². The summed E-state index contributed by atoms with van der Waals surface area (Å²) in [6, 6.07) is 0. The van der Waals surface area contributed by atoms with E-state index < -0.39 is 0 Å². The molecule has 0 aliphatic rings. The van der Waals surface area contributed by atoms with Crippen molar-refractivity contribution in [2.75, 3.05) is 34.4 Å². The lowest BCUT2D eigenvalue weighted by Crippen LogP contribution is -2.16. The van der Waals surface area contributed by atoms with Gasteiger partial charge >= 0.3 is 0 Å². The SMILES string of the molecule is COPOCCN(C)C. The van der Waals surface area contributed by atoms with Gasteiger partial charge in [0, 0.05) is 13.7 Å². The number of hydrogen-bond acceptors (Lipinski definition) is 3. The predicted molar refractivity (Wildman–Crippen MR) is 39.8 cm³/mol. The summed E-state index contributed by atoms with van der Waals surface area (Å²) in [4.78, 5) is 2.07. The van der Waals surface area contributed by atoms with Crippen LogP contribution in [-0.4, -0.2) is 39.3 Å². The normalized spacial score (nSPS) is 12.0. The molecule has 0 spiro atoms. The van der Waals surface area contributed by atoms with Gasteiger partial charge in [0.1, 0.15) is 0 Å². The van der Waals surface area contributed by atoms with E-state index in [1.807, 2.05) is 14.1 Å². The molecule has 0 saturated carbocycles. The predicted octanol–water partition coefficient (Wildman–Crippen LogP) is 0.720. The Balaban J connectivity index is 2.75. The molecule has 0 bridgehead atoms. The largest absolute Gasteiger partial charge is 0.340 e. The number of hydrogen-bond donors (Lipinski definition) is 0. The van der Waals surface area contributed by atoms with Gasteiger partial charge in [0.15, 0.2) is 9.03 Å². The van der Waals surface area contributed by atoms with Gasteiger partial charge in [-0.15, -0.1) is 0 Å². The second kappa shape index (κ2) is 6.43. The molecule has 0 saturated heterocycles. The molecule has 0 aromatic rings. The van der Waals surface area contributed by atoms with Crippen LogP contribution in [0.15, 0.2) is 0 Å². The zero-order chi connectivity index (χ0) is 7.11. The van der Waals surface area contributed by atoms with Gasteiger partial charge in [-0.25, -0.2) is 0 Å². The molecule has 0 rings (SSSR count). The Labute approximate surface area is 58.3 Å². The summed E-state index contributed by atoms with van der Waals surface area (Å²) < 4.78 is 9.77. The summed E-state index contributed by atoms with van der Waals surface area (Å²) in [5.41, 5.74) is 0. The molecule has 0 aliphatic carbocycles. The van der Waals surface area contributed by atoms with E-state index in [-0.39, 0.29) is 9.03 Å². The summed E-state index contributed by atoms with van der Waals surface area (Å²) >= 11 is 0. The van der Waals surface area contributed by atoms with Crippen LogP contribution in [0.25, 0.3) is 0 Å². The quantitative estimate of drug-likeness (QED) is 0.427.